The molecule has 0 spiro atoms. The Morgan fingerprint density at radius 3 is 2.39 bits per heavy atom. The molecule has 0 aliphatic rings. The van der Waals surface area contributed by atoms with Crippen LogP contribution < -0.4 is 10.1 Å². The summed E-state index contributed by atoms with van der Waals surface area (Å²) in [4.78, 5) is 12.4. The largest absolute Gasteiger partial charge is 0.481 e. The third-order valence-electron chi connectivity index (χ3n) is 3.70. The van der Waals surface area contributed by atoms with Crippen LogP contribution in [0.25, 0.3) is 10.8 Å². The molecule has 3 aromatic rings. The zero-order chi connectivity index (χ0) is 16.1. The molecule has 3 aromatic carbocycles. The summed E-state index contributed by atoms with van der Waals surface area (Å²) in [5, 5.41) is 5.19. The van der Waals surface area contributed by atoms with Crippen molar-refractivity contribution in [2.45, 2.75) is 19.4 Å². The van der Waals surface area contributed by atoms with Crippen molar-refractivity contribution in [2.75, 3.05) is 5.32 Å². The van der Waals surface area contributed by atoms with Gasteiger partial charge in [0.25, 0.3) is 5.91 Å². The molecule has 0 aromatic heterocycles. The van der Waals surface area contributed by atoms with E-state index in [2.05, 4.69) is 5.32 Å². The van der Waals surface area contributed by atoms with Crippen LogP contribution in [0.5, 0.6) is 5.75 Å². The van der Waals surface area contributed by atoms with Gasteiger partial charge in [-0.15, -0.1) is 0 Å². The number of carbonyl (C=O) groups excluding carboxylic acids is 1. The van der Waals surface area contributed by atoms with Crippen LogP contribution in [0.1, 0.15) is 13.3 Å². The summed E-state index contributed by atoms with van der Waals surface area (Å²) in [6.07, 6.45) is 0.0952. The number of fused-ring (bicyclic) bond motifs is 1. The molecular weight excluding hydrogens is 286 g/mol. The molecule has 0 saturated heterocycles. The highest BCUT2D eigenvalue weighted by Crippen LogP contribution is 2.20. The second kappa shape index (κ2) is 6.97. The second-order valence-corrected chi connectivity index (χ2v) is 5.38. The minimum Gasteiger partial charge on any atom is -0.481 e. The SMILES string of the molecule is CC[C@H](Oc1ccccc1)C(=O)Nc1ccc2ccccc2c1. The number of hydrogen-bond donors (Lipinski definition) is 1. The lowest BCUT2D eigenvalue weighted by Gasteiger charge is -2.17. The van der Waals surface area contributed by atoms with E-state index >= 15 is 0 Å². The topological polar surface area (TPSA) is 38.3 Å². The first-order valence-corrected chi connectivity index (χ1v) is 7.77. The predicted molar refractivity (Wildman–Crippen MR) is 93.7 cm³/mol. The standard InChI is InChI=1S/C20H19NO2/c1-2-19(23-18-10-4-3-5-11-18)20(22)21-17-13-12-15-8-6-7-9-16(15)14-17/h3-14,19H,2H2,1H3,(H,21,22)/t19-/m0/s1. The van der Waals surface area contributed by atoms with E-state index in [-0.39, 0.29) is 5.91 Å². The van der Waals surface area contributed by atoms with Crippen molar-refractivity contribution in [3.8, 4) is 5.75 Å². The van der Waals surface area contributed by atoms with Crippen LogP contribution in [0.2, 0.25) is 0 Å². The van der Waals surface area contributed by atoms with Crippen LogP contribution in [-0.4, -0.2) is 12.0 Å². The molecule has 0 saturated carbocycles. The number of nitrogens with one attached hydrogen (secondary N) is 1. The number of amides is 1. The molecule has 0 unspecified atom stereocenters. The number of anilines is 1. The molecule has 0 heterocycles. The molecule has 1 amide bonds. The Morgan fingerprint density at radius 1 is 0.957 bits per heavy atom. The number of benzene rings is 3. The van der Waals surface area contributed by atoms with Gasteiger partial charge >= 0.3 is 0 Å². The van der Waals surface area contributed by atoms with Crippen molar-refractivity contribution in [1.82, 2.24) is 0 Å². The average Bonchev–Trinajstić information content (AvgIpc) is 2.60. The fourth-order valence-electron chi connectivity index (χ4n) is 2.48. The van der Waals surface area contributed by atoms with Gasteiger partial charge in [0.05, 0.1) is 0 Å². The summed E-state index contributed by atoms with van der Waals surface area (Å²) in [5.41, 5.74) is 0.781. The van der Waals surface area contributed by atoms with Crippen LogP contribution in [0.3, 0.4) is 0 Å². The first-order valence-electron chi connectivity index (χ1n) is 7.77. The van der Waals surface area contributed by atoms with Gasteiger partial charge in [-0.3, -0.25) is 4.79 Å². The average molecular weight is 305 g/mol. The Morgan fingerprint density at radius 2 is 1.65 bits per heavy atom. The maximum absolute atomic E-state index is 12.4. The summed E-state index contributed by atoms with van der Waals surface area (Å²) in [7, 11) is 0. The van der Waals surface area contributed by atoms with Crippen molar-refractivity contribution < 1.29 is 9.53 Å². The van der Waals surface area contributed by atoms with Gasteiger partial charge in [-0.1, -0.05) is 55.5 Å². The monoisotopic (exact) mass is 305 g/mol. The summed E-state index contributed by atoms with van der Waals surface area (Å²) in [6.45, 7) is 1.94. The lowest BCUT2D eigenvalue weighted by molar-refractivity contribution is -0.122. The van der Waals surface area contributed by atoms with Gasteiger partial charge < -0.3 is 10.1 Å². The highest BCUT2D eigenvalue weighted by Gasteiger charge is 2.18. The molecule has 0 aliphatic carbocycles. The van der Waals surface area contributed by atoms with Crippen molar-refractivity contribution >= 4 is 22.4 Å². The molecule has 116 valence electrons. The fraction of sp³-hybridized carbons (Fsp3) is 0.150. The van der Waals surface area contributed by atoms with Crippen molar-refractivity contribution in [3.05, 3.63) is 72.8 Å². The third kappa shape index (κ3) is 3.69. The molecule has 1 atom stereocenters. The lowest BCUT2D eigenvalue weighted by Crippen LogP contribution is -2.32. The minimum atomic E-state index is -0.510. The Kier molecular flexibility index (Phi) is 4.57. The van der Waals surface area contributed by atoms with Gasteiger partial charge in [0.15, 0.2) is 6.10 Å². The van der Waals surface area contributed by atoms with Crippen LogP contribution in [0, 0.1) is 0 Å². The van der Waals surface area contributed by atoms with E-state index in [1.54, 1.807) is 0 Å². The Balaban J connectivity index is 1.73. The summed E-state index contributed by atoms with van der Waals surface area (Å²) >= 11 is 0. The van der Waals surface area contributed by atoms with E-state index in [0.29, 0.717) is 12.2 Å². The number of ether oxygens (including phenoxy) is 1. The number of carbonyl (C=O) groups is 1. The maximum Gasteiger partial charge on any atom is 0.265 e. The number of para-hydroxylation sites is 1. The van der Waals surface area contributed by atoms with Crippen LogP contribution in [-0.2, 0) is 4.79 Å². The molecule has 0 radical (unpaired) electrons. The van der Waals surface area contributed by atoms with E-state index < -0.39 is 6.10 Å². The highest BCUT2D eigenvalue weighted by molar-refractivity contribution is 5.96. The van der Waals surface area contributed by atoms with Gasteiger partial charge in [-0.25, -0.2) is 0 Å². The van der Waals surface area contributed by atoms with E-state index in [1.165, 1.54) is 0 Å². The van der Waals surface area contributed by atoms with Gasteiger partial charge in [-0.05, 0) is 41.5 Å². The van der Waals surface area contributed by atoms with Crippen LogP contribution in [0.4, 0.5) is 5.69 Å². The summed E-state index contributed by atoms with van der Waals surface area (Å²) < 4.78 is 5.77. The zero-order valence-corrected chi connectivity index (χ0v) is 13.0. The molecule has 3 nitrogen and oxygen atoms in total. The van der Waals surface area contributed by atoms with Gasteiger partial charge in [0, 0.05) is 5.69 Å². The Bertz CT molecular complexity index is 799. The molecule has 0 aliphatic heterocycles. The summed E-state index contributed by atoms with van der Waals surface area (Å²) in [6, 6.07) is 23.4. The van der Waals surface area contributed by atoms with Gasteiger partial charge in [-0.2, -0.15) is 0 Å². The van der Waals surface area contributed by atoms with Gasteiger partial charge in [0.2, 0.25) is 0 Å². The quantitative estimate of drug-likeness (QED) is 0.746. The van der Waals surface area contributed by atoms with E-state index in [0.717, 1.165) is 16.5 Å². The van der Waals surface area contributed by atoms with Crippen molar-refractivity contribution in [1.29, 1.82) is 0 Å². The molecule has 1 N–H and O–H groups in total. The number of rotatable bonds is 5. The normalized spacial score (nSPS) is 11.9. The van der Waals surface area contributed by atoms with Crippen LogP contribution in [0.15, 0.2) is 72.8 Å². The lowest BCUT2D eigenvalue weighted by atomic mass is 10.1. The van der Waals surface area contributed by atoms with Crippen molar-refractivity contribution in [3.63, 3.8) is 0 Å². The smallest absolute Gasteiger partial charge is 0.265 e. The molecule has 0 bridgehead atoms. The van der Waals surface area contributed by atoms with E-state index in [4.69, 9.17) is 4.74 Å². The molecule has 3 heteroatoms. The minimum absolute atomic E-state index is 0.133. The molecule has 23 heavy (non-hydrogen) atoms. The van der Waals surface area contributed by atoms with Crippen LogP contribution >= 0.6 is 0 Å². The zero-order valence-electron chi connectivity index (χ0n) is 13.0. The van der Waals surface area contributed by atoms with E-state index in [9.17, 15) is 4.79 Å². The first-order chi connectivity index (χ1) is 11.3. The first kappa shape index (κ1) is 15.1. The second-order valence-electron chi connectivity index (χ2n) is 5.38. The third-order valence-corrected chi connectivity index (χ3v) is 3.70. The Labute approximate surface area is 135 Å². The van der Waals surface area contributed by atoms with Gasteiger partial charge in [0.1, 0.15) is 5.75 Å². The maximum atomic E-state index is 12.4. The predicted octanol–water partition coefficient (Wildman–Crippen LogP) is 4.64. The Hall–Kier alpha value is -2.81. The number of hydrogen-bond acceptors (Lipinski definition) is 2. The molecule has 0 fully saturated rings. The highest BCUT2D eigenvalue weighted by atomic mass is 16.5. The molecular formula is C20H19NO2. The molecule has 3 rings (SSSR count). The fourth-order valence-corrected chi connectivity index (χ4v) is 2.48. The van der Waals surface area contributed by atoms with Crippen molar-refractivity contribution in [2.24, 2.45) is 0 Å². The summed E-state index contributed by atoms with van der Waals surface area (Å²) in [5.74, 6) is 0.569. The van der Waals surface area contributed by atoms with E-state index in [1.807, 2.05) is 79.7 Å².